The average molecular weight is 286 g/mol. The van der Waals surface area contributed by atoms with Gasteiger partial charge in [-0.2, -0.15) is 0 Å². The van der Waals surface area contributed by atoms with Crippen LogP contribution in [0.3, 0.4) is 0 Å². The number of hydrogen-bond donors (Lipinski definition) is 1. The molecule has 0 aliphatic heterocycles. The number of methoxy groups -OCH3 is 1. The van der Waals surface area contributed by atoms with Crippen LogP contribution in [0.2, 0.25) is 0 Å². The molecule has 1 aromatic heterocycles. The molecule has 2 aromatic rings. The summed E-state index contributed by atoms with van der Waals surface area (Å²) in [5.41, 5.74) is 1.43. The summed E-state index contributed by atoms with van der Waals surface area (Å²) in [4.78, 5) is 13.2. The number of amides is 1. The Balaban J connectivity index is 1.95. The molecule has 0 spiro atoms. The van der Waals surface area contributed by atoms with Crippen molar-refractivity contribution in [3.8, 4) is 5.75 Å². The van der Waals surface area contributed by atoms with E-state index in [0.29, 0.717) is 18.1 Å². The van der Waals surface area contributed by atoms with Gasteiger partial charge in [-0.25, -0.2) is 0 Å². The maximum absolute atomic E-state index is 11.7. The summed E-state index contributed by atoms with van der Waals surface area (Å²) in [6, 6.07) is 11.2. The van der Waals surface area contributed by atoms with Crippen molar-refractivity contribution in [2.45, 2.75) is 6.54 Å². The summed E-state index contributed by atoms with van der Waals surface area (Å²) >= 11 is 0. The third kappa shape index (κ3) is 3.92. The maximum Gasteiger partial charge on any atom is 0.273 e. The first-order valence-electron chi connectivity index (χ1n) is 6.52. The molecule has 21 heavy (non-hydrogen) atoms. The van der Waals surface area contributed by atoms with Gasteiger partial charge in [-0.1, -0.05) is 12.1 Å². The van der Waals surface area contributed by atoms with Crippen molar-refractivity contribution in [2.75, 3.05) is 26.5 Å². The van der Waals surface area contributed by atoms with E-state index in [1.54, 1.807) is 33.3 Å². The Hall–Kier alpha value is -2.63. The minimum atomic E-state index is -0.163. The summed E-state index contributed by atoms with van der Waals surface area (Å²) in [5, 5.41) is 11.1. The summed E-state index contributed by atoms with van der Waals surface area (Å²) in [5.74, 6) is 1.29. The number of anilines is 1. The van der Waals surface area contributed by atoms with Gasteiger partial charge in [0.1, 0.15) is 11.6 Å². The first-order valence-corrected chi connectivity index (χ1v) is 6.52. The van der Waals surface area contributed by atoms with Crippen LogP contribution in [-0.4, -0.2) is 42.2 Å². The van der Waals surface area contributed by atoms with Gasteiger partial charge in [0.05, 0.1) is 7.11 Å². The van der Waals surface area contributed by atoms with Crippen LogP contribution in [-0.2, 0) is 6.54 Å². The van der Waals surface area contributed by atoms with E-state index in [1.807, 2.05) is 24.3 Å². The van der Waals surface area contributed by atoms with Crippen LogP contribution in [0.4, 0.5) is 5.82 Å². The molecular weight excluding hydrogens is 268 g/mol. The minimum Gasteiger partial charge on any atom is -0.497 e. The number of carbonyl (C=O) groups excluding carboxylic acids is 1. The number of rotatable bonds is 5. The molecule has 1 amide bonds. The molecule has 110 valence electrons. The minimum absolute atomic E-state index is 0.163. The number of nitrogens with one attached hydrogen (secondary N) is 1. The zero-order valence-corrected chi connectivity index (χ0v) is 12.3. The molecule has 0 bridgehead atoms. The molecule has 0 fully saturated rings. The predicted octanol–water partition coefficient (Wildman–Crippen LogP) is 1.80. The molecule has 2 rings (SSSR count). The molecule has 0 aliphatic carbocycles. The van der Waals surface area contributed by atoms with Gasteiger partial charge in [0.25, 0.3) is 5.91 Å². The molecule has 0 atom stereocenters. The Morgan fingerprint density at radius 3 is 2.38 bits per heavy atom. The molecule has 1 heterocycles. The van der Waals surface area contributed by atoms with Gasteiger partial charge in [-0.3, -0.25) is 4.79 Å². The monoisotopic (exact) mass is 286 g/mol. The van der Waals surface area contributed by atoms with E-state index in [4.69, 9.17) is 4.74 Å². The molecule has 0 aliphatic rings. The van der Waals surface area contributed by atoms with Crippen LogP contribution in [0.1, 0.15) is 16.1 Å². The van der Waals surface area contributed by atoms with Crippen molar-refractivity contribution in [3.05, 3.63) is 47.7 Å². The van der Waals surface area contributed by atoms with Gasteiger partial charge in [0.2, 0.25) is 0 Å². The van der Waals surface area contributed by atoms with Crippen LogP contribution >= 0.6 is 0 Å². The molecule has 0 saturated carbocycles. The molecule has 1 aromatic carbocycles. The quantitative estimate of drug-likeness (QED) is 0.907. The fourth-order valence-electron chi connectivity index (χ4n) is 1.71. The fourth-order valence-corrected chi connectivity index (χ4v) is 1.71. The van der Waals surface area contributed by atoms with Gasteiger partial charge < -0.3 is 15.0 Å². The first-order chi connectivity index (χ1) is 10.1. The number of benzene rings is 1. The summed E-state index contributed by atoms with van der Waals surface area (Å²) in [6.45, 7) is 0.625. The maximum atomic E-state index is 11.7. The zero-order chi connectivity index (χ0) is 15.2. The lowest BCUT2D eigenvalue weighted by Gasteiger charge is -2.09. The van der Waals surface area contributed by atoms with Crippen molar-refractivity contribution < 1.29 is 9.53 Å². The second kappa shape index (κ2) is 6.69. The van der Waals surface area contributed by atoms with Gasteiger partial charge >= 0.3 is 0 Å². The normalized spacial score (nSPS) is 10.0. The highest BCUT2D eigenvalue weighted by molar-refractivity contribution is 5.91. The highest BCUT2D eigenvalue weighted by Gasteiger charge is 2.09. The van der Waals surface area contributed by atoms with E-state index in [2.05, 4.69) is 15.5 Å². The molecule has 6 heteroatoms. The SMILES string of the molecule is COc1ccc(CNc2ccc(C(=O)N(C)C)nn2)cc1. The van der Waals surface area contributed by atoms with E-state index < -0.39 is 0 Å². The van der Waals surface area contributed by atoms with Gasteiger partial charge in [0, 0.05) is 20.6 Å². The standard InChI is InChI=1S/C15H18N4O2/c1-19(2)15(20)13-8-9-14(18-17-13)16-10-11-4-6-12(21-3)7-5-11/h4-9H,10H2,1-3H3,(H,16,18). The molecule has 0 unspecified atom stereocenters. The van der Waals surface area contributed by atoms with E-state index >= 15 is 0 Å². The number of aromatic nitrogens is 2. The first kappa shape index (κ1) is 14.8. The summed E-state index contributed by atoms with van der Waals surface area (Å²) < 4.78 is 5.11. The lowest BCUT2D eigenvalue weighted by atomic mass is 10.2. The summed E-state index contributed by atoms with van der Waals surface area (Å²) in [6.07, 6.45) is 0. The Labute approximate surface area is 123 Å². The van der Waals surface area contributed by atoms with Crippen molar-refractivity contribution in [3.63, 3.8) is 0 Å². The predicted molar refractivity (Wildman–Crippen MR) is 80.4 cm³/mol. The van der Waals surface area contributed by atoms with Gasteiger partial charge in [-0.15, -0.1) is 10.2 Å². The topological polar surface area (TPSA) is 67.3 Å². The van der Waals surface area contributed by atoms with E-state index in [-0.39, 0.29) is 5.91 Å². The number of hydrogen-bond acceptors (Lipinski definition) is 5. The summed E-state index contributed by atoms with van der Waals surface area (Å²) in [7, 11) is 5.00. The van der Waals surface area contributed by atoms with E-state index in [0.717, 1.165) is 11.3 Å². The van der Waals surface area contributed by atoms with Crippen molar-refractivity contribution in [1.29, 1.82) is 0 Å². The Morgan fingerprint density at radius 2 is 1.86 bits per heavy atom. The molecule has 0 radical (unpaired) electrons. The number of carbonyl (C=O) groups is 1. The van der Waals surface area contributed by atoms with Crippen LogP contribution in [0, 0.1) is 0 Å². The van der Waals surface area contributed by atoms with Gasteiger partial charge in [0.15, 0.2) is 5.69 Å². The number of ether oxygens (including phenoxy) is 1. The Morgan fingerprint density at radius 1 is 1.14 bits per heavy atom. The molecular formula is C15H18N4O2. The highest BCUT2D eigenvalue weighted by atomic mass is 16.5. The second-order valence-corrected chi connectivity index (χ2v) is 4.71. The lowest BCUT2D eigenvalue weighted by Crippen LogP contribution is -2.23. The van der Waals surface area contributed by atoms with Crippen LogP contribution in [0.25, 0.3) is 0 Å². The van der Waals surface area contributed by atoms with Crippen LogP contribution < -0.4 is 10.1 Å². The molecule has 0 saturated heterocycles. The van der Waals surface area contributed by atoms with Crippen LogP contribution in [0.5, 0.6) is 5.75 Å². The second-order valence-electron chi connectivity index (χ2n) is 4.71. The molecule has 1 N–H and O–H groups in total. The third-order valence-corrected chi connectivity index (χ3v) is 2.92. The smallest absolute Gasteiger partial charge is 0.273 e. The number of nitrogens with zero attached hydrogens (tertiary/aromatic N) is 3. The lowest BCUT2D eigenvalue weighted by molar-refractivity contribution is 0.0821. The molecule has 6 nitrogen and oxygen atoms in total. The third-order valence-electron chi connectivity index (χ3n) is 2.92. The van der Waals surface area contributed by atoms with Gasteiger partial charge in [-0.05, 0) is 29.8 Å². The Kier molecular flexibility index (Phi) is 4.71. The van der Waals surface area contributed by atoms with E-state index in [1.165, 1.54) is 4.90 Å². The fraction of sp³-hybridized carbons (Fsp3) is 0.267. The Bertz CT molecular complexity index is 594. The average Bonchev–Trinajstić information content (AvgIpc) is 2.53. The largest absolute Gasteiger partial charge is 0.497 e. The van der Waals surface area contributed by atoms with Crippen molar-refractivity contribution >= 4 is 11.7 Å². The van der Waals surface area contributed by atoms with E-state index in [9.17, 15) is 4.79 Å². The highest BCUT2D eigenvalue weighted by Crippen LogP contribution is 2.12. The van der Waals surface area contributed by atoms with Crippen molar-refractivity contribution in [1.82, 2.24) is 15.1 Å². The van der Waals surface area contributed by atoms with Crippen molar-refractivity contribution in [2.24, 2.45) is 0 Å². The zero-order valence-electron chi connectivity index (χ0n) is 12.3. The van der Waals surface area contributed by atoms with Crippen LogP contribution in [0.15, 0.2) is 36.4 Å².